The summed E-state index contributed by atoms with van der Waals surface area (Å²) in [5, 5.41) is 5.89. The van der Waals surface area contributed by atoms with Gasteiger partial charge in [-0.3, -0.25) is 0 Å². The third kappa shape index (κ3) is 12.8. The molecule has 1 saturated carbocycles. The van der Waals surface area contributed by atoms with Gasteiger partial charge in [0.1, 0.15) is 6.43 Å². The second-order valence-corrected chi connectivity index (χ2v) is 13.8. The maximum atomic E-state index is 10.4. The van der Waals surface area contributed by atoms with Crippen LogP contribution in [-0.4, -0.2) is 18.5 Å². The summed E-state index contributed by atoms with van der Waals surface area (Å²) >= 11 is 0. The summed E-state index contributed by atoms with van der Waals surface area (Å²) in [4.78, 5) is 0. The molecule has 0 heterocycles. The normalized spacial score (nSPS) is 12.7. The summed E-state index contributed by atoms with van der Waals surface area (Å²) in [5.74, 6) is 0. The molecule has 8 heteroatoms. The minimum Gasteiger partial charge on any atom is -0.412 e. The van der Waals surface area contributed by atoms with Crippen LogP contribution in [0.25, 0.3) is 0 Å². The molecule has 0 amide bonds. The Hall–Kier alpha value is -2.09. The average Bonchev–Trinajstić information content (AvgIpc) is 3.58. The third-order valence-corrected chi connectivity index (χ3v) is 11.7. The molecule has 5 rings (SSSR count). The van der Waals surface area contributed by atoms with Crippen molar-refractivity contribution in [3.05, 3.63) is 128 Å². The van der Waals surface area contributed by atoms with E-state index >= 15 is 0 Å². The molecule has 0 aliphatic heterocycles. The first-order chi connectivity index (χ1) is 19.4. The molecule has 4 aromatic rings. The van der Waals surface area contributed by atoms with Gasteiger partial charge < -0.3 is 8.78 Å². The molecule has 4 aromatic carbocycles. The summed E-state index contributed by atoms with van der Waals surface area (Å²) in [6.07, 6.45) is 0.991. The minimum atomic E-state index is -5.42. The van der Waals surface area contributed by atoms with Gasteiger partial charge in [-0.1, -0.05) is 153 Å². The molecule has 0 spiro atoms. The van der Waals surface area contributed by atoms with E-state index in [1.165, 1.54) is 65.6 Å². The van der Waals surface area contributed by atoms with Gasteiger partial charge in [-0.25, -0.2) is 13.2 Å². The van der Waals surface area contributed by atoms with E-state index in [9.17, 15) is 22.0 Å². The molecule has 0 saturated heterocycles. The Balaban J connectivity index is 0.000000378. The first-order valence-corrected chi connectivity index (χ1v) is 16.4. The van der Waals surface area contributed by atoms with Gasteiger partial charge in [0.25, 0.3) is 0 Å². The molecule has 0 unspecified atom stereocenters. The molecular formula is C33H34F5FeP2-. The number of alkyl halides is 3. The largest absolute Gasteiger partial charge is 0.412 e. The maximum Gasteiger partial charge on any atom is 0.326 e. The first-order valence-electron chi connectivity index (χ1n) is 13.4. The molecule has 41 heavy (non-hydrogen) atoms. The zero-order chi connectivity index (χ0) is 28.6. The van der Waals surface area contributed by atoms with Crippen molar-refractivity contribution < 1.29 is 39.0 Å². The van der Waals surface area contributed by atoms with Crippen LogP contribution in [-0.2, 0) is 17.1 Å². The molecular weight excluding hydrogens is 609 g/mol. The van der Waals surface area contributed by atoms with Crippen molar-refractivity contribution in [2.45, 2.75) is 38.3 Å². The maximum absolute atomic E-state index is 10.4. The van der Waals surface area contributed by atoms with Gasteiger partial charge in [-0.2, -0.15) is 0 Å². The van der Waals surface area contributed by atoms with Crippen molar-refractivity contribution in [3.63, 3.8) is 0 Å². The Labute approximate surface area is 253 Å². The summed E-state index contributed by atoms with van der Waals surface area (Å²) < 4.78 is 51.8. The summed E-state index contributed by atoms with van der Waals surface area (Å²) in [7, 11) is -0.696. The fourth-order valence-electron chi connectivity index (χ4n) is 4.33. The monoisotopic (exact) mass is 643 g/mol. The van der Waals surface area contributed by atoms with Gasteiger partial charge >= 0.3 is 6.18 Å². The second-order valence-electron chi connectivity index (χ2n) is 9.17. The fraction of sp³-hybridized carbons (Fsp3) is 0.242. The Morgan fingerprint density at radius 3 is 0.829 bits per heavy atom. The first kappa shape index (κ1) is 35.1. The van der Waals surface area contributed by atoms with Crippen LogP contribution in [0.1, 0.15) is 32.1 Å². The van der Waals surface area contributed by atoms with Crippen molar-refractivity contribution in [1.29, 1.82) is 0 Å². The van der Waals surface area contributed by atoms with Crippen LogP contribution in [0, 0.1) is 6.43 Å². The topological polar surface area (TPSA) is 0 Å². The van der Waals surface area contributed by atoms with E-state index in [1.54, 1.807) is 0 Å². The van der Waals surface area contributed by atoms with Crippen molar-refractivity contribution in [2.24, 2.45) is 0 Å². The standard InChI is InChI=1S/C26H24P2.C5H10.C2F5.Fe/c1-5-13-23(14-6-1)27(24-15-7-2-8-16-24)21-22-28(25-17-9-3-10-18-25)26-19-11-4-12-20-26;1-2-4-5-3-1;3-1(4)2(5,6)7;/h1-20H,21-22H2;1-5H2;;/q;;-1;. The Kier molecular flexibility index (Phi) is 16.4. The van der Waals surface area contributed by atoms with Crippen molar-refractivity contribution in [2.75, 3.05) is 12.3 Å². The molecule has 0 aromatic heterocycles. The predicted molar refractivity (Wildman–Crippen MR) is 162 cm³/mol. The summed E-state index contributed by atoms with van der Waals surface area (Å²) in [6.45, 7) is 0. The minimum absolute atomic E-state index is 0. The van der Waals surface area contributed by atoms with Crippen molar-refractivity contribution >= 4 is 37.1 Å². The zero-order valence-corrected chi connectivity index (χ0v) is 25.5. The van der Waals surface area contributed by atoms with E-state index in [-0.39, 0.29) is 32.9 Å². The molecule has 1 aliphatic carbocycles. The zero-order valence-electron chi connectivity index (χ0n) is 22.6. The van der Waals surface area contributed by atoms with Crippen LogP contribution in [0.15, 0.2) is 121 Å². The fourth-order valence-corrected chi connectivity index (χ4v) is 9.69. The molecule has 1 aliphatic rings. The molecule has 0 bridgehead atoms. The number of hydrogen-bond donors (Lipinski definition) is 0. The number of rotatable bonds is 7. The van der Waals surface area contributed by atoms with Crippen LogP contribution in [0.5, 0.6) is 0 Å². The Morgan fingerprint density at radius 2 is 0.659 bits per heavy atom. The van der Waals surface area contributed by atoms with E-state index in [0.717, 1.165) is 0 Å². The number of hydrogen-bond acceptors (Lipinski definition) is 0. The molecule has 0 atom stereocenters. The molecule has 1 fully saturated rings. The van der Waals surface area contributed by atoms with Crippen LogP contribution >= 0.6 is 15.8 Å². The number of halogens is 5. The quantitative estimate of drug-likeness (QED) is 0.0816. The smallest absolute Gasteiger partial charge is 0.326 e. The van der Waals surface area contributed by atoms with Gasteiger partial charge in [0, 0.05) is 17.1 Å². The molecule has 220 valence electrons. The van der Waals surface area contributed by atoms with Gasteiger partial charge in [0.05, 0.1) is 0 Å². The van der Waals surface area contributed by atoms with E-state index in [4.69, 9.17) is 0 Å². The molecule has 0 N–H and O–H groups in total. The Morgan fingerprint density at radius 1 is 0.463 bits per heavy atom. The summed E-state index contributed by atoms with van der Waals surface area (Å²) in [6, 6.07) is 44.2. The van der Waals surface area contributed by atoms with Gasteiger partial charge in [0.15, 0.2) is 0 Å². The number of benzene rings is 4. The van der Waals surface area contributed by atoms with Gasteiger partial charge in [0.2, 0.25) is 0 Å². The van der Waals surface area contributed by atoms with E-state index in [0.29, 0.717) is 0 Å². The third-order valence-electron chi connectivity index (χ3n) is 6.28. The van der Waals surface area contributed by atoms with Crippen molar-refractivity contribution in [3.8, 4) is 0 Å². The van der Waals surface area contributed by atoms with Crippen LogP contribution in [0.4, 0.5) is 22.0 Å². The van der Waals surface area contributed by atoms with Gasteiger partial charge in [-0.15, -0.1) is 0 Å². The second kappa shape index (κ2) is 19.2. The van der Waals surface area contributed by atoms with E-state index in [1.807, 2.05) is 0 Å². The van der Waals surface area contributed by atoms with Gasteiger partial charge in [-0.05, 0) is 49.4 Å². The SMILES string of the molecule is C1CCCC1.F[C-](F)C(F)(F)F.[Fe].c1ccc(P(CCP(c2ccccc2)c2ccccc2)c2ccccc2)cc1. The van der Waals surface area contributed by atoms with E-state index in [2.05, 4.69) is 121 Å². The van der Waals surface area contributed by atoms with E-state index < -0.39 is 12.6 Å². The van der Waals surface area contributed by atoms with Crippen LogP contribution in [0.3, 0.4) is 0 Å². The predicted octanol–water partition coefficient (Wildman–Crippen LogP) is 9.18. The molecule has 0 nitrogen and oxygen atoms in total. The van der Waals surface area contributed by atoms with Crippen LogP contribution in [0.2, 0.25) is 0 Å². The van der Waals surface area contributed by atoms with Crippen molar-refractivity contribution in [1.82, 2.24) is 0 Å². The Bertz CT molecular complexity index is 1020. The average molecular weight is 643 g/mol. The molecule has 0 radical (unpaired) electrons. The van der Waals surface area contributed by atoms with Crippen LogP contribution < -0.4 is 21.2 Å². The summed E-state index contributed by atoms with van der Waals surface area (Å²) in [5.41, 5.74) is 0.